The summed E-state index contributed by atoms with van der Waals surface area (Å²) in [6, 6.07) is 0. The van der Waals surface area contributed by atoms with Crippen LogP contribution < -0.4 is 5.32 Å². The van der Waals surface area contributed by atoms with Crippen LogP contribution in [-0.2, 0) is 9.47 Å². The predicted octanol–water partition coefficient (Wildman–Crippen LogP) is 1.71. The van der Waals surface area contributed by atoms with Gasteiger partial charge in [-0.1, -0.05) is 6.92 Å². The topological polar surface area (TPSA) is 50.7 Å². The lowest BCUT2D eigenvalue weighted by molar-refractivity contribution is -0.0664. The molecule has 1 rings (SSSR count). The molecule has 0 spiro atoms. The zero-order valence-corrected chi connectivity index (χ0v) is 12.1. The molecule has 0 radical (unpaired) electrons. The molecule has 1 fully saturated rings. The molecule has 0 aromatic rings. The minimum atomic E-state index is -0.248. The summed E-state index contributed by atoms with van der Waals surface area (Å²) >= 11 is 0. The van der Waals surface area contributed by atoms with E-state index in [1.807, 2.05) is 6.92 Å². The minimum Gasteiger partial charge on any atom is -0.394 e. The molecule has 0 aromatic heterocycles. The minimum absolute atomic E-state index is 0.131. The van der Waals surface area contributed by atoms with Crippen LogP contribution in [0.5, 0.6) is 0 Å². The summed E-state index contributed by atoms with van der Waals surface area (Å²) in [5, 5.41) is 12.8. The molecule has 3 atom stereocenters. The standard InChI is InChI=1S/C14H29NO3/c1-4-15-14(3,11-16)9-12(2)18-10-13-7-5-6-8-17-13/h12-13,15-16H,4-11H2,1-3H3. The summed E-state index contributed by atoms with van der Waals surface area (Å²) in [6.45, 7) is 8.68. The molecule has 18 heavy (non-hydrogen) atoms. The fourth-order valence-electron chi connectivity index (χ4n) is 2.52. The first kappa shape index (κ1) is 15.9. The molecule has 4 nitrogen and oxygen atoms in total. The number of nitrogens with one attached hydrogen (secondary N) is 1. The monoisotopic (exact) mass is 259 g/mol. The van der Waals surface area contributed by atoms with E-state index in [2.05, 4.69) is 19.2 Å². The van der Waals surface area contributed by atoms with Gasteiger partial charge in [0.1, 0.15) is 0 Å². The van der Waals surface area contributed by atoms with Crippen LogP contribution in [0.4, 0.5) is 0 Å². The Labute approximate surface area is 111 Å². The highest BCUT2D eigenvalue weighted by molar-refractivity contribution is 4.84. The van der Waals surface area contributed by atoms with E-state index in [1.54, 1.807) is 0 Å². The Morgan fingerprint density at radius 2 is 2.28 bits per heavy atom. The predicted molar refractivity (Wildman–Crippen MR) is 72.8 cm³/mol. The second-order valence-corrected chi connectivity index (χ2v) is 5.59. The van der Waals surface area contributed by atoms with Crippen LogP contribution in [0, 0.1) is 0 Å². The Morgan fingerprint density at radius 1 is 1.50 bits per heavy atom. The molecular formula is C14H29NO3. The van der Waals surface area contributed by atoms with Gasteiger partial charge in [0.25, 0.3) is 0 Å². The lowest BCUT2D eigenvalue weighted by atomic mass is 9.95. The number of rotatable bonds is 8. The van der Waals surface area contributed by atoms with Crippen LogP contribution in [-0.4, -0.2) is 49.2 Å². The molecule has 3 unspecified atom stereocenters. The van der Waals surface area contributed by atoms with Gasteiger partial charge in [0, 0.05) is 12.1 Å². The van der Waals surface area contributed by atoms with E-state index in [9.17, 15) is 5.11 Å². The second-order valence-electron chi connectivity index (χ2n) is 5.59. The van der Waals surface area contributed by atoms with Crippen LogP contribution in [0.25, 0.3) is 0 Å². The van der Waals surface area contributed by atoms with Crippen molar-refractivity contribution in [1.82, 2.24) is 5.32 Å². The Morgan fingerprint density at radius 3 is 2.83 bits per heavy atom. The average Bonchev–Trinajstić information content (AvgIpc) is 2.38. The first-order valence-electron chi connectivity index (χ1n) is 7.18. The van der Waals surface area contributed by atoms with Gasteiger partial charge in [-0.25, -0.2) is 0 Å². The highest BCUT2D eigenvalue weighted by Gasteiger charge is 2.25. The highest BCUT2D eigenvalue weighted by Crippen LogP contribution is 2.17. The van der Waals surface area contributed by atoms with Crippen LogP contribution in [0.15, 0.2) is 0 Å². The molecule has 1 saturated heterocycles. The molecule has 0 saturated carbocycles. The quantitative estimate of drug-likeness (QED) is 0.697. The Hall–Kier alpha value is -0.160. The van der Waals surface area contributed by atoms with E-state index < -0.39 is 0 Å². The van der Waals surface area contributed by atoms with E-state index in [0.717, 1.165) is 26.0 Å². The molecular weight excluding hydrogens is 230 g/mol. The van der Waals surface area contributed by atoms with Crippen molar-refractivity contribution in [3.05, 3.63) is 0 Å². The largest absolute Gasteiger partial charge is 0.394 e. The van der Waals surface area contributed by atoms with Crippen molar-refractivity contribution in [3.8, 4) is 0 Å². The first-order valence-corrected chi connectivity index (χ1v) is 7.18. The van der Waals surface area contributed by atoms with E-state index in [1.165, 1.54) is 12.8 Å². The van der Waals surface area contributed by atoms with Gasteiger partial charge in [-0.15, -0.1) is 0 Å². The molecule has 0 amide bonds. The number of aliphatic hydroxyl groups excluding tert-OH is 1. The molecule has 1 aliphatic rings. The maximum Gasteiger partial charge on any atom is 0.0808 e. The zero-order chi connectivity index (χ0) is 13.4. The van der Waals surface area contributed by atoms with Crippen LogP contribution in [0.1, 0.15) is 46.5 Å². The lowest BCUT2D eigenvalue weighted by Gasteiger charge is -2.32. The van der Waals surface area contributed by atoms with Crippen molar-refractivity contribution < 1.29 is 14.6 Å². The second kappa shape index (κ2) is 8.10. The highest BCUT2D eigenvalue weighted by atomic mass is 16.5. The molecule has 0 bridgehead atoms. The van der Waals surface area contributed by atoms with E-state index in [-0.39, 0.29) is 24.4 Å². The Kier molecular flexibility index (Phi) is 7.15. The summed E-state index contributed by atoms with van der Waals surface area (Å²) in [5.41, 5.74) is -0.248. The van der Waals surface area contributed by atoms with Gasteiger partial charge in [0.2, 0.25) is 0 Å². The molecule has 108 valence electrons. The average molecular weight is 259 g/mol. The lowest BCUT2D eigenvalue weighted by Crippen LogP contribution is -2.48. The van der Waals surface area contributed by atoms with Gasteiger partial charge in [0.05, 0.1) is 25.4 Å². The number of ether oxygens (including phenoxy) is 2. The van der Waals surface area contributed by atoms with Crippen molar-refractivity contribution >= 4 is 0 Å². The Bertz CT molecular complexity index is 219. The fourth-order valence-corrected chi connectivity index (χ4v) is 2.52. The molecule has 0 aromatic carbocycles. The summed E-state index contributed by atoms with van der Waals surface area (Å²) in [6.07, 6.45) is 4.73. The van der Waals surface area contributed by atoms with Gasteiger partial charge in [0.15, 0.2) is 0 Å². The Balaban J connectivity index is 2.24. The number of likely N-dealkylation sites (N-methyl/N-ethyl adjacent to an activating group) is 1. The van der Waals surface area contributed by atoms with Crippen LogP contribution in [0.2, 0.25) is 0 Å². The fraction of sp³-hybridized carbons (Fsp3) is 1.00. The molecule has 1 heterocycles. The molecule has 4 heteroatoms. The summed E-state index contributed by atoms with van der Waals surface area (Å²) in [4.78, 5) is 0. The first-order chi connectivity index (χ1) is 8.59. The number of hydrogen-bond acceptors (Lipinski definition) is 4. The van der Waals surface area contributed by atoms with Crippen LogP contribution >= 0.6 is 0 Å². The maximum absolute atomic E-state index is 9.44. The van der Waals surface area contributed by atoms with Gasteiger partial charge in [-0.2, -0.15) is 0 Å². The van der Waals surface area contributed by atoms with Gasteiger partial charge >= 0.3 is 0 Å². The normalized spacial score (nSPS) is 25.7. The number of aliphatic hydroxyl groups is 1. The number of hydrogen-bond donors (Lipinski definition) is 2. The summed E-state index contributed by atoms with van der Waals surface area (Å²) in [7, 11) is 0. The third kappa shape index (κ3) is 5.65. The van der Waals surface area contributed by atoms with E-state index in [0.29, 0.717) is 6.61 Å². The van der Waals surface area contributed by atoms with Gasteiger partial charge < -0.3 is 19.9 Å². The van der Waals surface area contributed by atoms with Gasteiger partial charge in [-0.05, 0) is 46.1 Å². The third-order valence-corrected chi connectivity index (χ3v) is 3.53. The summed E-state index contributed by atoms with van der Waals surface area (Å²) < 4.78 is 11.5. The summed E-state index contributed by atoms with van der Waals surface area (Å²) in [5.74, 6) is 0. The third-order valence-electron chi connectivity index (χ3n) is 3.53. The van der Waals surface area contributed by atoms with Crippen LogP contribution in [0.3, 0.4) is 0 Å². The van der Waals surface area contributed by atoms with Crippen molar-refractivity contribution in [1.29, 1.82) is 0 Å². The SMILES string of the molecule is CCNC(C)(CO)CC(C)OCC1CCCCO1. The van der Waals surface area contributed by atoms with E-state index >= 15 is 0 Å². The van der Waals surface area contributed by atoms with Crippen molar-refractivity contribution in [2.45, 2.75) is 64.2 Å². The van der Waals surface area contributed by atoms with Crippen molar-refractivity contribution in [3.63, 3.8) is 0 Å². The van der Waals surface area contributed by atoms with Crippen molar-refractivity contribution in [2.75, 3.05) is 26.4 Å². The molecule has 1 aliphatic heterocycles. The smallest absolute Gasteiger partial charge is 0.0808 e. The zero-order valence-electron chi connectivity index (χ0n) is 12.1. The van der Waals surface area contributed by atoms with Crippen molar-refractivity contribution in [2.24, 2.45) is 0 Å². The maximum atomic E-state index is 9.44. The molecule has 0 aliphatic carbocycles. The van der Waals surface area contributed by atoms with E-state index in [4.69, 9.17) is 9.47 Å². The molecule has 2 N–H and O–H groups in total. The van der Waals surface area contributed by atoms with Gasteiger partial charge in [-0.3, -0.25) is 0 Å².